The predicted octanol–water partition coefficient (Wildman–Crippen LogP) is 0.416. The molecule has 0 spiro atoms. The Kier molecular flexibility index (Phi) is 4.26. The van der Waals surface area contributed by atoms with Crippen LogP contribution in [0, 0.1) is 0 Å². The van der Waals surface area contributed by atoms with Crippen LogP contribution in [0.2, 0.25) is 0 Å². The zero-order valence-corrected chi connectivity index (χ0v) is 12.0. The van der Waals surface area contributed by atoms with Gasteiger partial charge in [0.05, 0.1) is 18.4 Å². The summed E-state index contributed by atoms with van der Waals surface area (Å²) in [5, 5.41) is 0. The topological polar surface area (TPSA) is 88.1 Å². The highest BCUT2D eigenvalue weighted by Crippen LogP contribution is 2.14. The van der Waals surface area contributed by atoms with Crippen LogP contribution in [0.4, 0.5) is 5.82 Å². The van der Waals surface area contributed by atoms with E-state index in [9.17, 15) is 8.42 Å². The van der Waals surface area contributed by atoms with Crippen molar-refractivity contribution in [3.63, 3.8) is 0 Å². The van der Waals surface area contributed by atoms with Gasteiger partial charge >= 0.3 is 0 Å². The molecule has 0 amide bonds. The minimum absolute atomic E-state index is 0.136. The first kappa shape index (κ1) is 14.4. The third-order valence-corrected chi connectivity index (χ3v) is 4.11. The van der Waals surface area contributed by atoms with Crippen molar-refractivity contribution in [1.29, 1.82) is 0 Å². The highest BCUT2D eigenvalue weighted by atomic mass is 32.2. The van der Waals surface area contributed by atoms with Crippen LogP contribution in [0.5, 0.6) is 0 Å². The summed E-state index contributed by atoms with van der Waals surface area (Å²) in [6.45, 7) is 0.541. The maximum absolute atomic E-state index is 11.6. The third-order valence-electron chi connectivity index (χ3n) is 2.71. The van der Waals surface area contributed by atoms with Gasteiger partial charge < -0.3 is 4.90 Å². The smallest absolute Gasteiger partial charge is 0.241 e. The van der Waals surface area contributed by atoms with E-state index in [1.165, 1.54) is 19.3 Å². The van der Waals surface area contributed by atoms with Crippen LogP contribution in [-0.2, 0) is 16.6 Å². The van der Waals surface area contributed by atoms with Crippen LogP contribution in [-0.4, -0.2) is 37.5 Å². The molecular weight excluding hydrogens is 278 g/mol. The maximum atomic E-state index is 11.6. The normalized spacial score (nSPS) is 11.3. The van der Waals surface area contributed by atoms with E-state index in [-0.39, 0.29) is 4.90 Å². The van der Waals surface area contributed by atoms with Crippen molar-refractivity contribution in [1.82, 2.24) is 19.7 Å². The molecule has 0 unspecified atom stereocenters. The fraction of sp³-hybridized carbons (Fsp3) is 0.250. The van der Waals surface area contributed by atoms with E-state index >= 15 is 0 Å². The van der Waals surface area contributed by atoms with E-state index in [1.54, 1.807) is 24.7 Å². The van der Waals surface area contributed by atoms with Gasteiger partial charge in [0.1, 0.15) is 10.7 Å². The number of nitrogens with one attached hydrogen (secondary N) is 1. The standard InChI is InChI=1S/C12H15N5O2S/c1-13-20(18,19)11-3-4-12(16-8-11)17(2)9-10-7-14-5-6-15-10/h3-8,13H,9H2,1-2H3. The molecule has 0 saturated heterocycles. The first-order valence-electron chi connectivity index (χ1n) is 5.88. The van der Waals surface area contributed by atoms with E-state index in [2.05, 4.69) is 19.7 Å². The molecule has 0 saturated carbocycles. The molecule has 0 fully saturated rings. The minimum Gasteiger partial charge on any atom is -0.354 e. The highest BCUT2D eigenvalue weighted by molar-refractivity contribution is 7.89. The molecule has 2 aromatic heterocycles. The lowest BCUT2D eigenvalue weighted by molar-refractivity contribution is 0.588. The number of rotatable bonds is 5. The number of aromatic nitrogens is 3. The molecule has 7 nitrogen and oxygen atoms in total. The molecule has 2 rings (SSSR count). The molecule has 2 heterocycles. The summed E-state index contributed by atoms with van der Waals surface area (Å²) in [5.41, 5.74) is 0.809. The fourth-order valence-electron chi connectivity index (χ4n) is 1.61. The summed E-state index contributed by atoms with van der Waals surface area (Å²) >= 11 is 0. The maximum Gasteiger partial charge on any atom is 0.241 e. The Morgan fingerprint density at radius 3 is 2.55 bits per heavy atom. The van der Waals surface area contributed by atoms with Crippen LogP contribution in [0.3, 0.4) is 0 Å². The van der Waals surface area contributed by atoms with Gasteiger partial charge in [-0.1, -0.05) is 0 Å². The van der Waals surface area contributed by atoms with Crippen molar-refractivity contribution in [2.24, 2.45) is 0 Å². The van der Waals surface area contributed by atoms with Crippen LogP contribution in [0.25, 0.3) is 0 Å². The Morgan fingerprint density at radius 2 is 2.00 bits per heavy atom. The molecule has 0 aromatic carbocycles. The van der Waals surface area contributed by atoms with Gasteiger partial charge in [-0.15, -0.1) is 0 Å². The number of pyridine rings is 1. The van der Waals surface area contributed by atoms with Crippen molar-refractivity contribution in [2.45, 2.75) is 11.4 Å². The molecule has 0 aliphatic heterocycles. The monoisotopic (exact) mass is 293 g/mol. The van der Waals surface area contributed by atoms with Gasteiger partial charge in [-0.25, -0.2) is 18.1 Å². The highest BCUT2D eigenvalue weighted by Gasteiger charge is 2.12. The van der Waals surface area contributed by atoms with Crippen molar-refractivity contribution < 1.29 is 8.42 Å². The summed E-state index contributed by atoms with van der Waals surface area (Å²) in [7, 11) is -0.238. The third kappa shape index (κ3) is 3.28. The summed E-state index contributed by atoms with van der Waals surface area (Å²) < 4.78 is 25.4. The van der Waals surface area contributed by atoms with Gasteiger partial charge in [-0.2, -0.15) is 0 Å². The van der Waals surface area contributed by atoms with Crippen molar-refractivity contribution in [3.8, 4) is 0 Å². The summed E-state index contributed by atoms with van der Waals surface area (Å²) in [4.78, 5) is 14.3. The molecule has 1 N–H and O–H groups in total. The van der Waals surface area contributed by atoms with E-state index in [1.807, 2.05) is 11.9 Å². The summed E-state index contributed by atoms with van der Waals surface area (Å²) in [6, 6.07) is 3.17. The molecule has 20 heavy (non-hydrogen) atoms. The Labute approximate surface area is 117 Å². The van der Waals surface area contributed by atoms with Gasteiger partial charge in [0.25, 0.3) is 0 Å². The second-order valence-electron chi connectivity index (χ2n) is 4.11. The lowest BCUT2D eigenvalue weighted by Crippen LogP contribution is -2.21. The van der Waals surface area contributed by atoms with Gasteiger partial charge in [0, 0.05) is 25.6 Å². The molecule has 0 bridgehead atoms. The zero-order chi connectivity index (χ0) is 14.6. The largest absolute Gasteiger partial charge is 0.354 e. The van der Waals surface area contributed by atoms with Crippen molar-refractivity contribution in [3.05, 3.63) is 42.6 Å². The zero-order valence-electron chi connectivity index (χ0n) is 11.2. The number of hydrogen-bond acceptors (Lipinski definition) is 6. The average Bonchev–Trinajstić information content (AvgIpc) is 2.48. The Hall–Kier alpha value is -2.06. The molecule has 106 valence electrons. The first-order chi connectivity index (χ1) is 9.53. The lowest BCUT2D eigenvalue weighted by Gasteiger charge is -2.17. The fourth-order valence-corrected chi connectivity index (χ4v) is 2.29. The van der Waals surface area contributed by atoms with Crippen molar-refractivity contribution >= 4 is 15.8 Å². The van der Waals surface area contributed by atoms with Gasteiger partial charge in [0.15, 0.2) is 0 Å². The average molecular weight is 293 g/mol. The summed E-state index contributed by atoms with van der Waals surface area (Å²) in [6.07, 6.45) is 6.24. The number of nitrogens with zero attached hydrogens (tertiary/aromatic N) is 4. The quantitative estimate of drug-likeness (QED) is 0.859. The number of anilines is 1. The van der Waals surface area contributed by atoms with Crippen LogP contribution < -0.4 is 9.62 Å². The van der Waals surface area contributed by atoms with Crippen LogP contribution in [0.15, 0.2) is 41.8 Å². The van der Waals surface area contributed by atoms with Gasteiger partial charge in [-0.05, 0) is 19.2 Å². The lowest BCUT2D eigenvalue weighted by atomic mass is 10.4. The molecule has 2 aromatic rings. The van der Waals surface area contributed by atoms with Gasteiger partial charge in [0.2, 0.25) is 10.0 Å². The summed E-state index contributed by atoms with van der Waals surface area (Å²) in [5.74, 6) is 0.658. The minimum atomic E-state index is -3.45. The van der Waals surface area contributed by atoms with E-state index in [4.69, 9.17) is 0 Å². The molecule has 0 radical (unpaired) electrons. The van der Waals surface area contributed by atoms with Crippen LogP contribution >= 0.6 is 0 Å². The molecule has 0 aliphatic carbocycles. The van der Waals surface area contributed by atoms with Gasteiger partial charge in [-0.3, -0.25) is 9.97 Å². The Morgan fingerprint density at radius 1 is 1.20 bits per heavy atom. The molecule has 8 heteroatoms. The number of hydrogen-bond donors (Lipinski definition) is 1. The second kappa shape index (κ2) is 5.93. The SMILES string of the molecule is CNS(=O)(=O)c1ccc(N(C)Cc2cnccn2)nc1. The first-order valence-corrected chi connectivity index (χ1v) is 7.37. The van der Waals surface area contributed by atoms with E-state index < -0.39 is 10.0 Å². The predicted molar refractivity (Wildman–Crippen MR) is 74.6 cm³/mol. The molecular formula is C12H15N5O2S. The van der Waals surface area contributed by atoms with E-state index in [0.717, 1.165) is 5.69 Å². The van der Waals surface area contributed by atoms with E-state index in [0.29, 0.717) is 12.4 Å². The Balaban J connectivity index is 2.14. The van der Waals surface area contributed by atoms with Crippen molar-refractivity contribution in [2.75, 3.05) is 19.0 Å². The molecule has 0 atom stereocenters. The second-order valence-corrected chi connectivity index (χ2v) is 6.00. The molecule has 0 aliphatic rings. The van der Waals surface area contributed by atoms with Crippen LogP contribution in [0.1, 0.15) is 5.69 Å². The Bertz CT molecular complexity index is 658. The number of sulfonamides is 1.